The number of ether oxygens (including phenoxy) is 2. The van der Waals surface area contributed by atoms with Crippen molar-refractivity contribution in [2.75, 3.05) is 11.1 Å². The van der Waals surface area contributed by atoms with Crippen LogP contribution in [0.15, 0.2) is 24.4 Å². The lowest BCUT2D eigenvalue weighted by Crippen LogP contribution is -2.25. The van der Waals surface area contributed by atoms with E-state index in [9.17, 15) is 8.78 Å². The largest absolute Gasteiger partial charge is 0.586 e. The van der Waals surface area contributed by atoms with Gasteiger partial charge in [0.25, 0.3) is 0 Å². The van der Waals surface area contributed by atoms with Crippen molar-refractivity contribution in [1.82, 2.24) is 9.97 Å². The van der Waals surface area contributed by atoms with Gasteiger partial charge in [-0.15, -0.1) is 8.78 Å². The zero-order valence-electron chi connectivity index (χ0n) is 9.73. The van der Waals surface area contributed by atoms with Crippen LogP contribution < -0.4 is 20.5 Å². The number of aromatic nitrogens is 2. The molecule has 2 aromatic rings. The quantitative estimate of drug-likeness (QED) is 0.887. The molecule has 3 rings (SSSR count). The third-order valence-electron chi connectivity index (χ3n) is 2.43. The highest BCUT2D eigenvalue weighted by Crippen LogP contribution is 2.42. The van der Waals surface area contributed by atoms with E-state index >= 15 is 0 Å². The number of hydrogen-bond acceptors (Lipinski definition) is 6. The molecule has 2 heterocycles. The Morgan fingerprint density at radius 2 is 2.00 bits per heavy atom. The molecule has 3 N–H and O–H groups in total. The van der Waals surface area contributed by atoms with Crippen LogP contribution in [0.1, 0.15) is 0 Å². The van der Waals surface area contributed by atoms with E-state index in [4.69, 9.17) is 17.3 Å². The van der Waals surface area contributed by atoms with Gasteiger partial charge in [-0.1, -0.05) is 11.6 Å². The van der Waals surface area contributed by atoms with Crippen LogP contribution >= 0.6 is 11.6 Å². The fourth-order valence-electron chi connectivity index (χ4n) is 1.63. The summed E-state index contributed by atoms with van der Waals surface area (Å²) in [6.45, 7) is 0. The molecule has 0 unspecified atom stereocenters. The Hall–Kier alpha value is -2.35. The van der Waals surface area contributed by atoms with E-state index in [2.05, 4.69) is 24.8 Å². The fraction of sp³-hybridized carbons (Fsp3) is 0.0909. The Morgan fingerprint density at radius 1 is 1.25 bits per heavy atom. The van der Waals surface area contributed by atoms with Gasteiger partial charge in [0.2, 0.25) is 5.95 Å². The molecule has 9 heteroatoms. The van der Waals surface area contributed by atoms with Crippen molar-refractivity contribution in [1.29, 1.82) is 0 Å². The van der Waals surface area contributed by atoms with Gasteiger partial charge >= 0.3 is 6.29 Å². The predicted molar refractivity (Wildman–Crippen MR) is 67.4 cm³/mol. The van der Waals surface area contributed by atoms with Crippen molar-refractivity contribution in [3.05, 3.63) is 29.4 Å². The van der Waals surface area contributed by atoms with Crippen LogP contribution in [-0.4, -0.2) is 16.3 Å². The second-order valence-electron chi connectivity index (χ2n) is 3.88. The number of nitrogens with two attached hydrogens (primary N) is 1. The Labute approximate surface area is 116 Å². The fourth-order valence-corrected chi connectivity index (χ4v) is 1.77. The Balaban J connectivity index is 1.88. The molecule has 0 amide bonds. The molecule has 0 spiro atoms. The normalized spacial score (nSPS) is 15.2. The van der Waals surface area contributed by atoms with Crippen molar-refractivity contribution in [2.24, 2.45) is 0 Å². The number of hydrogen-bond donors (Lipinski definition) is 2. The molecule has 0 aliphatic carbocycles. The maximum atomic E-state index is 12.9. The maximum Gasteiger partial charge on any atom is 0.586 e. The Kier molecular flexibility index (Phi) is 2.75. The Bertz CT molecular complexity index is 683. The van der Waals surface area contributed by atoms with E-state index in [1.165, 1.54) is 24.4 Å². The summed E-state index contributed by atoms with van der Waals surface area (Å²) < 4.78 is 34.4. The summed E-state index contributed by atoms with van der Waals surface area (Å²) in [7, 11) is 0. The van der Waals surface area contributed by atoms with Crippen molar-refractivity contribution >= 4 is 29.1 Å². The second kappa shape index (κ2) is 4.34. The van der Waals surface area contributed by atoms with Gasteiger partial charge in [-0.25, -0.2) is 4.98 Å². The summed E-state index contributed by atoms with van der Waals surface area (Å²) in [5, 5.41) is 3.06. The van der Waals surface area contributed by atoms with Gasteiger partial charge in [-0.3, -0.25) is 0 Å². The van der Waals surface area contributed by atoms with Crippen LogP contribution in [0.5, 0.6) is 11.5 Å². The first kappa shape index (κ1) is 12.7. The van der Waals surface area contributed by atoms with E-state index in [-0.39, 0.29) is 28.3 Å². The number of nitrogens with zero attached hydrogens (tertiary/aromatic N) is 2. The molecular weight excluding hydrogens is 294 g/mol. The molecule has 0 atom stereocenters. The molecule has 1 aromatic carbocycles. The summed E-state index contributed by atoms with van der Waals surface area (Å²) >= 11 is 5.89. The number of alkyl halides is 2. The van der Waals surface area contributed by atoms with Crippen LogP contribution in [0.25, 0.3) is 0 Å². The average Bonchev–Trinajstić information content (AvgIpc) is 2.67. The molecule has 0 fully saturated rings. The maximum absolute atomic E-state index is 12.9. The number of halogens is 3. The smallest absolute Gasteiger partial charge is 0.395 e. The molecular formula is C11H7ClF2N4O2. The molecule has 20 heavy (non-hydrogen) atoms. The number of rotatable bonds is 2. The van der Waals surface area contributed by atoms with Crippen molar-refractivity contribution in [3.63, 3.8) is 0 Å². The summed E-state index contributed by atoms with van der Waals surface area (Å²) in [5.74, 6) is 0.154. The first-order valence-electron chi connectivity index (χ1n) is 5.38. The number of nitrogen functional groups attached to an aromatic ring is 1. The molecule has 0 saturated heterocycles. The van der Waals surface area contributed by atoms with Gasteiger partial charge in [0.15, 0.2) is 17.3 Å². The third-order valence-corrected chi connectivity index (χ3v) is 2.70. The lowest BCUT2D eigenvalue weighted by atomic mass is 10.3. The van der Waals surface area contributed by atoms with Crippen LogP contribution in [0.3, 0.4) is 0 Å². The second-order valence-corrected chi connectivity index (χ2v) is 4.29. The van der Waals surface area contributed by atoms with Crippen LogP contribution in [0, 0.1) is 0 Å². The number of benzene rings is 1. The minimum atomic E-state index is -3.65. The number of nitrogens with one attached hydrogen (secondary N) is 1. The molecule has 0 radical (unpaired) electrons. The van der Waals surface area contributed by atoms with Gasteiger partial charge in [0.05, 0.1) is 6.20 Å². The van der Waals surface area contributed by atoms with Gasteiger partial charge in [-0.05, 0) is 12.1 Å². The van der Waals surface area contributed by atoms with Gasteiger partial charge in [0.1, 0.15) is 5.02 Å². The Morgan fingerprint density at radius 3 is 2.80 bits per heavy atom. The van der Waals surface area contributed by atoms with Crippen molar-refractivity contribution in [2.45, 2.75) is 6.29 Å². The van der Waals surface area contributed by atoms with E-state index in [1.54, 1.807) is 0 Å². The average molecular weight is 301 g/mol. The van der Waals surface area contributed by atoms with E-state index < -0.39 is 6.29 Å². The van der Waals surface area contributed by atoms with Crippen LogP contribution in [0.2, 0.25) is 5.02 Å². The molecule has 0 bridgehead atoms. The number of anilines is 3. The highest BCUT2D eigenvalue weighted by molar-refractivity contribution is 6.32. The van der Waals surface area contributed by atoms with Crippen molar-refractivity contribution < 1.29 is 18.3 Å². The molecule has 6 nitrogen and oxygen atoms in total. The van der Waals surface area contributed by atoms with E-state index in [1.807, 2.05) is 0 Å². The third kappa shape index (κ3) is 2.37. The van der Waals surface area contributed by atoms with E-state index in [0.29, 0.717) is 5.69 Å². The molecule has 1 aromatic heterocycles. The van der Waals surface area contributed by atoms with Crippen LogP contribution in [-0.2, 0) is 0 Å². The van der Waals surface area contributed by atoms with Gasteiger partial charge in [-0.2, -0.15) is 4.98 Å². The first-order chi connectivity index (χ1) is 9.43. The number of fused-ring (bicyclic) bond motifs is 1. The standard InChI is InChI=1S/C11H7ClF2N4O2/c12-6-4-16-10(15)18-9(6)17-5-1-2-7-8(3-5)20-11(13,14)19-7/h1-4H,(H3,15,16,17,18). The minimum absolute atomic E-state index is 0.0316. The van der Waals surface area contributed by atoms with Crippen molar-refractivity contribution in [3.8, 4) is 11.5 Å². The SMILES string of the molecule is Nc1ncc(Cl)c(Nc2ccc3c(c2)OC(F)(F)O3)n1. The monoisotopic (exact) mass is 300 g/mol. The lowest BCUT2D eigenvalue weighted by molar-refractivity contribution is -0.286. The molecule has 1 aliphatic heterocycles. The summed E-state index contributed by atoms with van der Waals surface area (Å²) in [6.07, 6.45) is -2.33. The summed E-state index contributed by atoms with van der Waals surface area (Å²) in [6, 6.07) is 4.19. The van der Waals surface area contributed by atoms with Gasteiger partial charge in [0, 0.05) is 11.8 Å². The molecule has 0 saturated carbocycles. The zero-order chi connectivity index (χ0) is 14.3. The van der Waals surface area contributed by atoms with E-state index in [0.717, 1.165) is 0 Å². The molecule has 1 aliphatic rings. The first-order valence-corrected chi connectivity index (χ1v) is 5.76. The zero-order valence-corrected chi connectivity index (χ0v) is 10.5. The van der Waals surface area contributed by atoms with Gasteiger partial charge < -0.3 is 20.5 Å². The highest BCUT2D eigenvalue weighted by Gasteiger charge is 2.43. The summed E-state index contributed by atoms with van der Waals surface area (Å²) in [4.78, 5) is 7.60. The predicted octanol–water partition coefficient (Wildman–Crippen LogP) is 2.78. The lowest BCUT2D eigenvalue weighted by Gasteiger charge is -2.08. The highest BCUT2D eigenvalue weighted by atomic mass is 35.5. The summed E-state index contributed by atoms with van der Waals surface area (Å²) in [5.41, 5.74) is 5.88. The molecule has 104 valence electrons. The topological polar surface area (TPSA) is 82.3 Å². The minimum Gasteiger partial charge on any atom is -0.395 e. The van der Waals surface area contributed by atoms with Crippen LogP contribution in [0.4, 0.5) is 26.2 Å².